The van der Waals surface area contributed by atoms with Crippen LogP contribution >= 0.6 is 43.2 Å². The minimum atomic E-state index is -0.0770. The van der Waals surface area contributed by atoms with Gasteiger partial charge in [0.25, 0.3) is 0 Å². The van der Waals surface area contributed by atoms with Crippen LogP contribution in [0.4, 0.5) is 0 Å². The molecule has 0 amide bonds. The van der Waals surface area contributed by atoms with Gasteiger partial charge in [0.05, 0.1) is 13.6 Å². The van der Waals surface area contributed by atoms with Crippen molar-refractivity contribution in [2.24, 2.45) is 5.73 Å². The first kappa shape index (κ1) is 13.3. The number of hydrogen-bond donors (Lipinski definition) is 1. The predicted octanol–water partition coefficient (Wildman–Crippen LogP) is 4.94. The van der Waals surface area contributed by atoms with Gasteiger partial charge >= 0.3 is 0 Å². The van der Waals surface area contributed by atoms with Crippen molar-refractivity contribution in [2.75, 3.05) is 0 Å². The first-order valence-electron chi connectivity index (χ1n) is 5.27. The Kier molecular flexibility index (Phi) is 4.08. The summed E-state index contributed by atoms with van der Waals surface area (Å²) in [5, 5.41) is 0. The Morgan fingerprint density at radius 1 is 1.18 bits per heavy atom. The van der Waals surface area contributed by atoms with Crippen molar-refractivity contribution in [1.29, 1.82) is 0 Å². The van der Waals surface area contributed by atoms with Crippen LogP contribution in [-0.2, 0) is 0 Å². The van der Waals surface area contributed by atoms with E-state index in [-0.39, 0.29) is 6.04 Å². The zero-order valence-electron chi connectivity index (χ0n) is 9.63. The maximum atomic E-state index is 6.36. The SMILES string of the molecule is Cc1cccc(C(N)c2cc(Br)sc2Br)c1C. The molecule has 2 rings (SSSR count). The third-order valence-corrected chi connectivity index (χ3v) is 5.39. The molecule has 0 fully saturated rings. The number of nitrogens with two attached hydrogens (primary N) is 1. The van der Waals surface area contributed by atoms with Gasteiger partial charge in [0, 0.05) is 0 Å². The Morgan fingerprint density at radius 2 is 1.88 bits per heavy atom. The molecule has 1 unspecified atom stereocenters. The fourth-order valence-electron chi connectivity index (χ4n) is 1.84. The van der Waals surface area contributed by atoms with E-state index in [1.165, 1.54) is 16.7 Å². The highest BCUT2D eigenvalue weighted by Gasteiger charge is 2.17. The molecule has 0 saturated heterocycles. The number of benzene rings is 1. The van der Waals surface area contributed by atoms with Gasteiger partial charge < -0.3 is 5.73 Å². The Morgan fingerprint density at radius 3 is 2.47 bits per heavy atom. The van der Waals surface area contributed by atoms with E-state index in [9.17, 15) is 0 Å². The molecular weight excluding hydrogens is 362 g/mol. The highest BCUT2D eigenvalue weighted by Crippen LogP contribution is 2.37. The lowest BCUT2D eigenvalue weighted by atomic mass is 9.95. The maximum Gasteiger partial charge on any atom is 0.0761 e. The van der Waals surface area contributed by atoms with Crippen molar-refractivity contribution < 1.29 is 0 Å². The van der Waals surface area contributed by atoms with Crippen molar-refractivity contribution >= 4 is 43.2 Å². The summed E-state index contributed by atoms with van der Waals surface area (Å²) in [7, 11) is 0. The summed E-state index contributed by atoms with van der Waals surface area (Å²) < 4.78 is 2.19. The van der Waals surface area contributed by atoms with E-state index in [0.717, 1.165) is 13.1 Å². The summed E-state index contributed by atoms with van der Waals surface area (Å²) in [4.78, 5) is 0. The number of rotatable bonds is 2. The van der Waals surface area contributed by atoms with Gasteiger partial charge in [-0.25, -0.2) is 0 Å². The molecule has 1 aromatic heterocycles. The standard InChI is InChI=1S/C13H13Br2NS/c1-7-4-3-5-9(8(7)2)12(16)10-6-11(14)17-13(10)15/h3-6,12H,16H2,1-2H3. The lowest BCUT2D eigenvalue weighted by molar-refractivity contribution is 0.859. The van der Waals surface area contributed by atoms with Crippen LogP contribution in [0, 0.1) is 13.8 Å². The topological polar surface area (TPSA) is 26.0 Å². The van der Waals surface area contributed by atoms with Crippen molar-refractivity contribution in [2.45, 2.75) is 19.9 Å². The summed E-state index contributed by atoms with van der Waals surface area (Å²) in [6.07, 6.45) is 0. The maximum absolute atomic E-state index is 6.36. The Bertz CT molecular complexity index is 548. The minimum absolute atomic E-state index is 0.0770. The Labute approximate surface area is 122 Å². The molecule has 1 heterocycles. The van der Waals surface area contributed by atoms with Gasteiger partial charge in [-0.05, 0) is 74.0 Å². The highest BCUT2D eigenvalue weighted by atomic mass is 79.9. The molecule has 2 N–H and O–H groups in total. The monoisotopic (exact) mass is 373 g/mol. The molecule has 0 aliphatic rings. The number of halogens is 2. The smallest absolute Gasteiger partial charge is 0.0761 e. The second kappa shape index (κ2) is 5.22. The van der Waals surface area contributed by atoms with Crippen LogP contribution in [0.25, 0.3) is 0 Å². The fraction of sp³-hybridized carbons (Fsp3) is 0.231. The largest absolute Gasteiger partial charge is 0.320 e. The van der Waals surface area contributed by atoms with E-state index in [2.05, 4.69) is 70.0 Å². The quantitative estimate of drug-likeness (QED) is 0.791. The molecule has 1 aromatic carbocycles. The number of thiophene rings is 1. The first-order chi connectivity index (χ1) is 8.00. The average molecular weight is 375 g/mol. The summed E-state index contributed by atoms with van der Waals surface area (Å²) in [6, 6.07) is 8.29. The second-order valence-electron chi connectivity index (χ2n) is 4.05. The molecule has 1 atom stereocenters. The first-order valence-corrected chi connectivity index (χ1v) is 7.67. The summed E-state index contributed by atoms with van der Waals surface area (Å²) in [6.45, 7) is 4.24. The molecular formula is C13H13Br2NS. The fourth-order valence-corrected chi connectivity index (χ4v) is 4.77. The molecule has 0 aliphatic carbocycles. The van der Waals surface area contributed by atoms with Gasteiger partial charge in [-0.1, -0.05) is 18.2 Å². The van der Waals surface area contributed by atoms with Crippen LogP contribution in [0.3, 0.4) is 0 Å². The average Bonchev–Trinajstić information content (AvgIpc) is 2.61. The van der Waals surface area contributed by atoms with Crippen LogP contribution in [0.5, 0.6) is 0 Å². The van der Waals surface area contributed by atoms with E-state index >= 15 is 0 Å². The molecule has 2 aromatic rings. The van der Waals surface area contributed by atoms with Crippen LogP contribution in [-0.4, -0.2) is 0 Å². The molecule has 0 saturated carbocycles. The zero-order valence-corrected chi connectivity index (χ0v) is 13.6. The van der Waals surface area contributed by atoms with Crippen LogP contribution < -0.4 is 5.73 Å². The van der Waals surface area contributed by atoms with Crippen LogP contribution in [0.2, 0.25) is 0 Å². The Balaban J connectivity index is 2.47. The van der Waals surface area contributed by atoms with Crippen molar-refractivity contribution in [3.05, 3.63) is 54.1 Å². The van der Waals surface area contributed by atoms with Gasteiger partial charge in [0.15, 0.2) is 0 Å². The molecule has 0 spiro atoms. The second-order valence-corrected chi connectivity index (χ2v) is 7.80. The van der Waals surface area contributed by atoms with Crippen molar-refractivity contribution in [3.8, 4) is 0 Å². The molecule has 0 bridgehead atoms. The zero-order chi connectivity index (χ0) is 12.6. The summed E-state index contributed by atoms with van der Waals surface area (Å²) in [5.74, 6) is 0. The molecule has 1 nitrogen and oxygen atoms in total. The summed E-state index contributed by atoms with van der Waals surface area (Å²) in [5.41, 5.74) is 11.2. The van der Waals surface area contributed by atoms with Crippen molar-refractivity contribution in [3.63, 3.8) is 0 Å². The van der Waals surface area contributed by atoms with E-state index in [1.807, 2.05) is 0 Å². The number of aryl methyl sites for hydroxylation is 1. The number of hydrogen-bond acceptors (Lipinski definition) is 2. The van der Waals surface area contributed by atoms with E-state index in [1.54, 1.807) is 11.3 Å². The third-order valence-electron chi connectivity index (χ3n) is 3.00. The molecule has 17 heavy (non-hydrogen) atoms. The lowest BCUT2D eigenvalue weighted by Crippen LogP contribution is -2.13. The molecule has 90 valence electrons. The van der Waals surface area contributed by atoms with Crippen molar-refractivity contribution in [1.82, 2.24) is 0 Å². The van der Waals surface area contributed by atoms with Crippen LogP contribution in [0.15, 0.2) is 31.8 Å². The van der Waals surface area contributed by atoms with Gasteiger partial charge in [-0.2, -0.15) is 0 Å². The molecule has 0 radical (unpaired) electrons. The van der Waals surface area contributed by atoms with E-state index in [4.69, 9.17) is 5.73 Å². The van der Waals surface area contributed by atoms with Gasteiger partial charge in [-0.3, -0.25) is 0 Å². The van der Waals surface area contributed by atoms with Crippen LogP contribution in [0.1, 0.15) is 28.3 Å². The predicted molar refractivity (Wildman–Crippen MR) is 81.7 cm³/mol. The van der Waals surface area contributed by atoms with Gasteiger partial charge in [0.2, 0.25) is 0 Å². The minimum Gasteiger partial charge on any atom is -0.320 e. The molecule has 4 heteroatoms. The van der Waals surface area contributed by atoms with Gasteiger partial charge in [-0.15, -0.1) is 11.3 Å². The normalized spacial score (nSPS) is 12.8. The Hall–Kier alpha value is -0.160. The van der Waals surface area contributed by atoms with E-state index in [0.29, 0.717) is 0 Å². The lowest BCUT2D eigenvalue weighted by Gasteiger charge is -2.15. The summed E-state index contributed by atoms with van der Waals surface area (Å²) >= 11 is 8.71. The highest BCUT2D eigenvalue weighted by molar-refractivity contribution is 9.12. The van der Waals surface area contributed by atoms with E-state index < -0.39 is 0 Å². The molecule has 0 aliphatic heterocycles. The van der Waals surface area contributed by atoms with Gasteiger partial charge in [0.1, 0.15) is 0 Å². The third kappa shape index (κ3) is 2.65.